The first-order valence-corrected chi connectivity index (χ1v) is 7.87. The molecule has 0 N–H and O–H groups in total. The third-order valence-corrected chi connectivity index (χ3v) is 4.68. The van der Waals surface area contributed by atoms with Gasteiger partial charge in [0.1, 0.15) is 0 Å². The van der Waals surface area contributed by atoms with Crippen LogP contribution in [0.15, 0.2) is 35.2 Å². The van der Waals surface area contributed by atoms with Gasteiger partial charge in [0, 0.05) is 0 Å². The van der Waals surface area contributed by atoms with E-state index >= 15 is 0 Å². The summed E-state index contributed by atoms with van der Waals surface area (Å²) in [5.41, 5.74) is -1.45. The number of nitriles is 1. The zero-order valence-electron chi connectivity index (χ0n) is 11.5. The summed E-state index contributed by atoms with van der Waals surface area (Å²) in [7, 11) is -3.51. The minimum atomic E-state index is -3.51. The Bertz CT molecular complexity index is 604. The molecule has 1 rings (SSSR count). The first kappa shape index (κ1) is 16.2. The van der Waals surface area contributed by atoms with Crippen molar-refractivity contribution in [1.29, 1.82) is 5.26 Å². The van der Waals surface area contributed by atoms with Crippen LogP contribution in [-0.2, 0) is 19.4 Å². The predicted molar refractivity (Wildman–Crippen MR) is 73.5 cm³/mol. The molecule has 0 heterocycles. The fraction of sp³-hybridized carbons (Fsp3) is 0.429. The third-order valence-electron chi connectivity index (χ3n) is 2.95. The van der Waals surface area contributed by atoms with Crippen molar-refractivity contribution >= 4 is 15.8 Å². The van der Waals surface area contributed by atoms with E-state index in [2.05, 4.69) is 0 Å². The van der Waals surface area contributed by atoms with Crippen LogP contribution in [0, 0.1) is 16.7 Å². The van der Waals surface area contributed by atoms with E-state index in [0.717, 1.165) is 0 Å². The van der Waals surface area contributed by atoms with Crippen molar-refractivity contribution in [2.45, 2.75) is 25.2 Å². The van der Waals surface area contributed by atoms with Crippen molar-refractivity contribution in [2.75, 3.05) is 12.4 Å². The quantitative estimate of drug-likeness (QED) is 0.749. The topological polar surface area (TPSA) is 84.2 Å². The highest BCUT2D eigenvalue weighted by molar-refractivity contribution is 7.91. The molecule has 0 unspecified atom stereocenters. The molecule has 1 aromatic rings. The summed E-state index contributed by atoms with van der Waals surface area (Å²) in [6, 6.07) is 9.80. The number of benzene rings is 1. The van der Waals surface area contributed by atoms with Crippen LogP contribution >= 0.6 is 0 Å². The lowest BCUT2D eigenvalue weighted by Gasteiger charge is -2.19. The lowest BCUT2D eigenvalue weighted by molar-refractivity contribution is -0.151. The highest BCUT2D eigenvalue weighted by Gasteiger charge is 2.36. The molecule has 0 spiro atoms. The normalized spacial score (nSPS) is 14.1. The maximum Gasteiger partial charge on any atom is 0.326 e. The van der Waals surface area contributed by atoms with Crippen LogP contribution in [0.2, 0.25) is 0 Å². The summed E-state index contributed by atoms with van der Waals surface area (Å²) in [6.07, 6.45) is -0.0977. The molecule has 1 aromatic carbocycles. The van der Waals surface area contributed by atoms with Crippen LogP contribution in [0.25, 0.3) is 0 Å². The van der Waals surface area contributed by atoms with Crippen molar-refractivity contribution in [3.8, 4) is 6.07 Å². The highest BCUT2D eigenvalue weighted by Crippen LogP contribution is 2.25. The second-order valence-corrected chi connectivity index (χ2v) is 6.66. The maximum absolute atomic E-state index is 12.1. The molecular formula is C14H17NO4S. The minimum absolute atomic E-state index is 0.0977. The molecule has 108 valence electrons. The maximum atomic E-state index is 12.1. The Hall–Kier alpha value is -1.87. The summed E-state index contributed by atoms with van der Waals surface area (Å²) in [5, 5.41) is 9.10. The summed E-state index contributed by atoms with van der Waals surface area (Å²) in [4.78, 5) is 11.9. The standard InChI is InChI=1S/C14H17NO4S/c1-3-19-13(16)14(2,11-15)9-10-20(17,18)12-7-5-4-6-8-12/h4-8H,3,9-10H2,1-2H3/t14-/m0/s1. The number of sulfone groups is 1. The zero-order valence-corrected chi connectivity index (χ0v) is 12.3. The number of esters is 1. The number of nitrogens with zero attached hydrogens (tertiary/aromatic N) is 1. The van der Waals surface area contributed by atoms with Gasteiger partial charge in [0.2, 0.25) is 0 Å². The van der Waals surface area contributed by atoms with Gasteiger partial charge in [-0.05, 0) is 32.4 Å². The van der Waals surface area contributed by atoms with Gasteiger partial charge in [-0.3, -0.25) is 4.79 Å². The largest absolute Gasteiger partial charge is 0.465 e. The molecule has 0 radical (unpaired) electrons. The first-order valence-electron chi connectivity index (χ1n) is 6.22. The van der Waals surface area contributed by atoms with Gasteiger partial charge in [0.05, 0.1) is 23.3 Å². The molecule has 0 aliphatic heterocycles. The van der Waals surface area contributed by atoms with Crippen molar-refractivity contribution < 1.29 is 17.9 Å². The molecule has 0 bridgehead atoms. The zero-order chi connectivity index (χ0) is 15.2. The van der Waals surface area contributed by atoms with Gasteiger partial charge in [-0.2, -0.15) is 5.26 Å². The van der Waals surface area contributed by atoms with Crippen molar-refractivity contribution in [3.63, 3.8) is 0 Å². The van der Waals surface area contributed by atoms with Gasteiger partial charge in [-0.15, -0.1) is 0 Å². The monoisotopic (exact) mass is 295 g/mol. The molecule has 0 fully saturated rings. The fourth-order valence-corrected chi connectivity index (χ4v) is 3.06. The smallest absolute Gasteiger partial charge is 0.326 e. The second-order valence-electron chi connectivity index (χ2n) is 4.55. The summed E-state index contributed by atoms with van der Waals surface area (Å²) >= 11 is 0. The fourth-order valence-electron chi connectivity index (χ4n) is 1.58. The molecule has 20 heavy (non-hydrogen) atoms. The molecule has 0 saturated heterocycles. The SMILES string of the molecule is CCOC(=O)[C@](C)(C#N)CCS(=O)(=O)c1ccccc1. The third kappa shape index (κ3) is 3.81. The van der Waals surface area contributed by atoms with Gasteiger partial charge in [-0.1, -0.05) is 18.2 Å². The molecular weight excluding hydrogens is 278 g/mol. The Morgan fingerprint density at radius 1 is 1.35 bits per heavy atom. The molecule has 0 aliphatic rings. The number of carbonyl (C=O) groups is 1. The molecule has 0 aliphatic carbocycles. The Morgan fingerprint density at radius 2 is 1.95 bits per heavy atom. The average Bonchev–Trinajstić information content (AvgIpc) is 2.46. The Balaban J connectivity index is 2.85. The summed E-state index contributed by atoms with van der Waals surface area (Å²) < 4.78 is 29.0. The minimum Gasteiger partial charge on any atom is -0.465 e. The van der Waals surface area contributed by atoms with E-state index in [0.29, 0.717) is 0 Å². The summed E-state index contributed by atoms with van der Waals surface area (Å²) in [6.45, 7) is 3.18. The molecule has 0 amide bonds. The van der Waals surface area contributed by atoms with E-state index in [1.165, 1.54) is 19.1 Å². The van der Waals surface area contributed by atoms with Gasteiger partial charge in [0.25, 0.3) is 0 Å². The number of ether oxygens (including phenoxy) is 1. The Kier molecular flexibility index (Phi) is 5.28. The van der Waals surface area contributed by atoms with Crippen molar-refractivity contribution in [3.05, 3.63) is 30.3 Å². The first-order chi connectivity index (χ1) is 9.35. The highest BCUT2D eigenvalue weighted by atomic mass is 32.2. The average molecular weight is 295 g/mol. The lowest BCUT2D eigenvalue weighted by Crippen LogP contribution is -2.30. The predicted octanol–water partition coefficient (Wildman–Crippen LogP) is 1.94. The van der Waals surface area contributed by atoms with E-state index in [4.69, 9.17) is 10.00 Å². The van der Waals surface area contributed by atoms with Crippen LogP contribution in [0.1, 0.15) is 20.3 Å². The number of hydrogen-bond acceptors (Lipinski definition) is 5. The van der Waals surface area contributed by atoms with Gasteiger partial charge < -0.3 is 4.74 Å². The van der Waals surface area contributed by atoms with E-state index < -0.39 is 21.2 Å². The van der Waals surface area contributed by atoms with Crippen LogP contribution in [0.4, 0.5) is 0 Å². The van der Waals surface area contributed by atoms with Crippen LogP contribution in [0.3, 0.4) is 0 Å². The number of hydrogen-bond donors (Lipinski definition) is 0. The lowest BCUT2D eigenvalue weighted by atomic mass is 9.90. The molecule has 1 atom stereocenters. The van der Waals surface area contributed by atoms with Gasteiger partial charge >= 0.3 is 5.97 Å². The molecule has 0 saturated carbocycles. The number of carbonyl (C=O) groups excluding carboxylic acids is 1. The molecule has 6 heteroatoms. The van der Waals surface area contributed by atoms with Gasteiger partial charge in [-0.25, -0.2) is 8.42 Å². The van der Waals surface area contributed by atoms with Crippen molar-refractivity contribution in [1.82, 2.24) is 0 Å². The Labute approximate surface area is 119 Å². The Morgan fingerprint density at radius 3 is 2.45 bits per heavy atom. The van der Waals surface area contributed by atoms with Gasteiger partial charge in [0.15, 0.2) is 15.3 Å². The van der Waals surface area contributed by atoms with Crippen LogP contribution < -0.4 is 0 Å². The van der Waals surface area contributed by atoms with E-state index in [-0.39, 0.29) is 23.7 Å². The van der Waals surface area contributed by atoms with Crippen LogP contribution in [-0.4, -0.2) is 26.7 Å². The van der Waals surface area contributed by atoms with E-state index in [1.807, 2.05) is 6.07 Å². The van der Waals surface area contributed by atoms with Crippen LogP contribution in [0.5, 0.6) is 0 Å². The second kappa shape index (κ2) is 6.53. The van der Waals surface area contributed by atoms with E-state index in [1.54, 1.807) is 25.1 Å². The number of rotatable bonds is 6. The molecule has 0 aromatic heterocycles. The molecule has 5 nitrogen and oxygen atoms in total. The van der Waals surface area contributed by atoms with E-state index in [9.17, 15) is 13.2 Å². The van der Waals surface area contributed by atoms with Crippen molar-refractivity contribution in [2.24, 2.45) is 5.41 Å². The summed E-state index contributed by atoms with van der Waals surface area (Å²) in [5.74, 6) is -0.967.